The third-order valence-electron chi connectivity index (χ3n) is 1.90. The van der Waals surface area contributed by atoms with E-state index >= 15 is 0 Å². The van der Waals surface area contributed by atoms with Crippen LogP contribution in [-0.2, 0) is 0 Å². The monoisotopic (exact) mass is 178 g/mol. The Morgan fingerprint density at radius 2 is 2.50 bits per heavy atom. The summed E-state index contributed by atoms with van der Waals surface area (Å²) < 4.78 is 0. The van der Waals surface area contributed by atoms with E-state index in [1.807, 2.05) is 6.20 Å². The topological polar surface area (TPSA) is 24.4 Å². The van der Waals surface area contributed by atoms with Gasteiger partial charge in [-0.25, -0.2) is 0 Å². The molecule has 0 radical (unpaired) electrons. The largest absolute Gasteiger partial charge is 0.353 e. The summed E-state index contributed by atoms with van der Waals surface area (Å²) in [5, 5.41) is 5.03. The summed E-state index contributed by atoms with van der Waals surface area (Å²) in [6.07, 6.45) is 5.73. The zero-order valence-corrected chi connectivity index (χ0v) is 7.64. The maximum atomic E-state index is 4.32. The summed E-state index contributed by atoms with van der Waals surface area (Å²) >= 11 is 1.77. The molecule has 1 aromatic heterocycles. The maximum absolute atomic E-state index is 4.32. The molecule has 3 heteroatoms. The van der Waals surface area contributed by atoms with Gasteiger partial charge in [-0.15, -0.1) is 11.3 Å². The first-order valence-electron chi connectivity index (χ1n) is 3.86. The number of aliphatic imine (C=N–C) groups is 1. The van der Waals surface area contributed by atoms with Crippen molar-refractivity contribution >= 4 is 17.7 Å². The molecule has 1 aliphatic rings. The van der Waals surface area contributed by atoms with E-state index in [0.717, 1.165) is 0 Å². The van der Waals surface area contributed by atoms with E-state index in [0.29, 0.717) is 0 Å². The third-order valence-corrected chi connectivity index (χ3v) is 2.76. The second kappa shape index (κ2) is 3.11. The van der Waals surface area contributed by atoms with Gasteiger partial charge in [0.15, 0.2) is 0 Å². The highest BCUT2D eigenvalue weighted by atomic mass is 32.1. The van der Waals surface area contributed by atoms with Crippen LogP contribution in [0.4, 0.5) is 0 Å². The molecule has 1 unspecified atom stereocenters. The first-order valence-corrected chi connectivity index (χ1v) is 4.74. The van der Waals surface area contributed by atoms with Gasteiger partial charge < -0.3 is 5.32 Å². The van der Waals surface area contributed by atoms with Crippen LogP contribution in [0.25, 0.3) is 0 Å². The van der Waals surface area contributed by atoms with Crippen molar-refractivity contribution in [2.45, 2.75) is 13.0 Å². The summed E-state index contributed by atoms with van der Waals surface area (Å²) in [4.78, 5) is 5.67. The van der Waals surface area contributed by atoms with Crippen molar-refractivity contribution in [1.82, 2.24) is 5.32 Å². The van der Waals surface area contributed by atoms with E-state index < -0.39 is 0 Å². The first kappa shape index (κ1) is 7.55. The molecule has 12 heavy (non-hydrogen) atoms. The van der Waals surface area contributed by atoms with Gasteiger partial charge in [0.2, 0.25) is 0 Å². The molecule has 1 atom stereocenters. The first-order chi connectivity index (χ1) is 5.88. The number of rotatable bonds is 1. The van der Waals surface area contributed by atoms with E-state index in [1.54, 1.807) is 17.7 Å². The summed E-state index contributed by atoms with van der Waals surface area (Å²) in [5.41, 5.74) is 1.31. The summed E-state index contributed by atoms with van der Waals surface area (Å²) in [6, 6.07) is 2.36. The summed E-state index contributed by atoms with van der Waals surface area (Å²) in [5.74, 6) is 0. The second-order valence-electron chi connectivity index (χ2n) is 2.68. The molecule has 1 aromatic rings. The van der Waals surface area contributed by atoms with Crippen molar-refractivity contribution in [3.8, 4) is 0 Å². The third kappa shape index (κ3) is 1.28. The average Bonchev–Trinajstić information content (AvgIpc) is 2.53. The summed E-state index contributed by atoms with van der Waals surface area (Å²) in [7, 11) is 0. The molecule has 62 valence electrons. The maximum Gasteiger partial charge on any atom is 0.0975 e. The summed E-state index contributed by atoms with van der Waals surface area (Å²) in [6.45, 7) is 2.13. The van der Waals surface area contributed by atoms with Crippen LogP contribution < -0.4 is 5.32 Å². The van der Waals surface area contributed by atoms with Crippen LogP contribution >= 0.6 is 11.3 Å². The van der Waals surface area contributed by atoms with E-state index in [1.165, 1.54) is 10.4 Å². The van der Waals surface area contributed by atoms with Gasteiger partial charge in [-0.05, 0) is 30.0 Å². The number of thiophene rings is 1. The lowest BCUT2D eigenvalue weighted by Crippen LogP contribution is -2.08. The van der Waals surface area contributed by atoms with Gasteiger partial charge >= 0.3 is 0 Å². The molecule has 0 amide bonds. The van der Waals surface area contributed by atoms with E-state index in [4.69, 9.17) is 0 Å². The van der Waals surface area contributed by atoms with Crippen molar-refractivity contribution < 1.29 is 0 Å². The SMILES string of the molecule is Cc1sccc1C1C=CNC=N1. The Hall–Kier alpha value is -1.09. The van der Waals surface area contributed by atoms with E-state index in [9.17, 15) is 0 Å². The zero-order chi connectivity index (χ0) is 8.39. The van der Waals surface area contributed by atoms with Crippen LogP contribution in [0.15, 0.2) is 28.7 Å². The smallest absolute Gasteiger partial charge is 0.0975 e. The Morgan fingerprint density at radius 1 is 1.58 bits per heavy atom. The minimum Gasteiger partial charge on any atom is -0.353 e. The van der Waals surface area contributed by atoms with Gasteiger partial charge in [0.1, 0.15) is 0 Å². The number of hydrogen-bond acceptors (Lipinski definition) is 3. The Bertz CT molecular complexity index is 313. The number of nitrogens with zero attached hydrogens (tertiary/aromatic N) is 1. The highest BCUT2D eigenvalue weighted by molar-refractivity contribution is 7.10. The fourth-order valence-corrected chi connectivity index (χ4v) is 1.99. The van der Waals surface area contributed by atoms with Crippen LogP contribution in [0, 0.1) is 6.92 Å². The standard InChI is InChI=1S/C9H10N2S/c1-7-8(3-5-12-7)9-2-4-10-6-11-9/h2-6,9H,1H3,(H,10,11). The van der Waals surface area contributed by atoms with Crippen molar-refractivity contribution in [2.24, 2.45) is 4.99 Å². The predicted molar refractivity (Wildman–Crippen MR) is 52.6 cm³/mol. The number of hydrogen-bond donors (Lipinski definition) is 1. The Balaban J connectivity index is 2.30. The van der Waals surface area contributed by atoms with Crippen molar-refractivity contribution in [3.63, 3.8) is 0 Å². The lowest BCUT2D eigenvalue weighted by molar-refractivity contribution is 0.882. The van der Waals surface area contributed by atoms with Gasteiger partial charge in [0.05, 0.1) is 12.4 Å². The molecule has 0 aliphatic carbocycles. The molecule has 0 saturated carbocycles. The highest BCUT2D eigenvalue weighted by Crippen LogP contribution is 2.26. The lowest BCUT2D eigenvalue weighted by atomic mass is 10.1. The van der Waals surface area contributed by atoms with Gasteiger partial charge in [0.25, 0.3) is 0 Å². The molecule has 1 aliphatic heterocycles. The van der Waals surface area contributed by atoms with E-state index in [2.05, 4.69) is 34.8 Å². The molecule has 0 saturated heterocycles. The fourth-order valence-electron chi connectivity index (χ4n) is 1.25. The highest BCUT2D eigenvalue weighted by Gasteiger charge is 2.10. The van der Waals surface area contributed by atoms with Crippen molar-refractivity contribution in [3.05, 3.63) is 34.2 Å². The van der Waals surface area contributed by atoms with Crippen LogP contribution in [-0.4, -0.2) is 6.34 Å². The molecule has 0 fully saturated rings. The molecular formula is C9H10N2S. The quantitative estimate of drug-likeness (QED) is 0.700. The molecule has 0 spiro atoms. The van der Waals surface area contributed by atoms with Crippen molar-refractivity contribution in [2.75, 3.05) is 0 Å². The lowest BCUT2D eigenvalue weighted by Gasteiger charge is -2.10. The second-order valence-corrected chi connectivity index (χ2v) is 3.80. The van der Waals surface area contributed by atoms with Crippen LogP contribution in [0.1, 0.15) is 16.5 Å². The number of nitrogens with one attached hydrogen (secondary N) is 1. The Labute approximate surface area is 75.6 Å². The van der Waals surface area contributed by atoms with Gasteiger partial charge in [0, 0.05) is 11.1 Å². The average molecular weight is 178 g/mol. The fraction of sp³-hybridized carbons (Fsp3) is 0.222. The molecule has 1 N–H and O–H groups in total. The predicted octanol–water partition coefficient (Wildman–Crippen LogP) is 2.24. The molecule has 2 nitrogen and oxygen atoms in total. The molecular weight excluding hydrogens is 168 g/mol. The molecule has 0 aromatic carbocycles. The van der Waals surface area contributed by atoms with E-state index in [-0.39, 0.29) is 6.04 Å². The van der Waals surface area contributed by atoms with Crippen molar-refractivity contribution in [1.29, 1.82) is 0 Å². The van der Waals surface area contributed by atoms with Crippen LogP contribution in [0.5, 0.6) is 0 Å². The minimum atomic E-state index is 0.220. The Morgan fingerprint density at radius 3 is 3.08 bits per heavy atom. The van der Waals surface area contributed by atoms with Gasteiger partial charge in [-0.2, -0.15) is 0 Å². The molecule has 0 bridgehead atoms. The van der Waals surface area contributed by atoms with Crippen LogP contribution in [0.2, 0.25) is 0 Å². The van der Waals surface area contributed by atoms with Gasteiger partial charge in [-0.1, -0.05) is 0 Å². The number of aryl methyl sites for hydroxylation is 1. The zero-order valence-electron chi connectivity index (χ0n) is 6.82. The normalized spacial score (nSPS) is 20.9. The van der Waals surface area contributed by atoms with Crippen LogP contribution in [0.3, 0.4) is 0 Å². The Kier molecular flexibility index (Phi) is 1.96. The minimum absolute atomic E-state index is 0.220. The molecule has 2 heterocycles. The molecule has 2 rings (SSSR count). The van der Waals surface area contributed by atoms with Gasteiger partial charge in [-0.3, -0.25) is 4.99 Å².